The first kappa shape index (κ1) is 12.3. The molecule has 0 radical (unpaired) electrons. The van der Waals surface area contributed by atoms with Crippen molar-refractivity contribution in [1.29, 1.82) is 0 Å². The van der Waals surface area contributed by atoms with Crippen molar-refractivity contribution in [2.24, 2.45) is 0 Å². The molecule has 1 fully saturated rings. The van der Waals surface area contributed by atoms with Crippen LogP contribution >= 0.6 is 0 Å². The largest absolute Gasteiger partial charge is 0.373 e. The summed E-state index contributed by atoms with van der Waals surface area (Å²) < 4.78 is 0. The Kier molecular flexibility index (Phi) is 3.97. The molecule has 2 rings (SSSR count). The fraction of sp³-hybridized carbons (Fsp3) is 0.615. The molecule has 0 amide bonds. The maximum absolute atomic E-state index is 4.57. The minimum Gasteiger partial charge on any atom is -0.373 e. The normalized spacial score (nSPS) is 22.6. The van der Waals surface area contributed by atoms with E-state index >= 15 is 0 Å². The molecule has 1 aliphatic heterocycles. The molecule has 0 aromatic carbocycles. The lowest BCUT2D eigenvalue weighted by molar-refractivity contribution is 0.0927. The standard InChI is InChI=1S/C13H22N4/c1-11-9-16(3)7-8-17(11)10-12-5-4-6-13(14-2)15-12/h4-6,11H,7-10H2,1-3H3,(H,14,15). The van der Waals surface area contributed by atoms with Crippen LogP contribution in [0.3, 0.4) is 0 Å². The van der Waals surface area contributed by atoms with E-state index in [0.29, 0.717) is 6.04 Å². The number of anilines is 1. The van der Waals surface area contributed by atoms with E-state index in [1.807, 2.05) is 13.1 Å². The van der Waals surface area contributed by atoms with Gasteiger partial charge in [0, 0.05) is 39.3 Å². The van der Waals surface area contributed by atoms with Gasteiger partial charge in [0.2, 0.25) is 0 Å². The van der Waals surface area contributed by atoms with Crippen LogP contribution < -0.4 is 5.32 Å². The molecule has 17 heavy (non-hydrogen) atoms. The SMILES string of the molecule is CNc1cccc(CN2CCN(C)CC2C)n1. The summed E-state index contributed by atoms with van der Waals surface area (Å²) in [7, 11) is 4.10. The second-order valence-corrected chi connectivity index (χ2v) is 4.85. The van der Waals surface area contributed by atoms with Gasteiger partial charge in [-0.2, -0.15) is 0 Å². The van der Waals surface area contributed by atoms with Crippen LogP contribution in [0.15, 0.2) is 18.2 Å². The van der Waals surface area contributed by atoms with E-state index in [1.54, 1.807) is 0 Å². The van der Waals surface area contributed by atoms with Crippen LogP contribution in [-0.4, -0.2) is 54.6 Å². The summed E-state index contributed by atoms with van der Waals surface area (Å²) in [5, 5.41) is 3.09. The van der Waals surface area contributed by atoms with Crippen molar-refractivity contribution in [2.45, 2.75) is 19.5 Å². The molecule has 1 aromatic rings. The fourth-order valence-corrected chi connectivity index (χ4v) is 2.33. The zero-order chi connectivity index (χ0) is 12.3. The van der Waals surface area contributed by atoms with Crippen molar-refractivity contribution in [3.05, 3.63) is 23.9 Å². The fourth-order valence-electron chi connectivity index (χ4n) is 2.33. The molecule has 0 bridgehead atoms. The summed E-state index contributed by atoms with van der Waals surface area (Å²) in [5.74, 6) is 0.948. The quantitative estimate of drug-likeness (QED) is 0.853. The van der Waals surface area contributed by atoms with E-state index in [1.165, 1.54) is 0 Å². The monoisotopic (exact) mass is 234 g/mol. The summed E-state index contributed by atoms with van der Waals surface area (Å²) in [6.07, 6.45) is 0. The lowest BCUT2D eigenvalue weighted by Gasteiger charge is -2.38. The number of hydrogen-bond donors (Lipinski definition) is 1. The van der Waals surface area contributed by atoms with Gasteiger partial charge in [0.1, 0.15) is 5.82 Å². The van der Waals surface area contributed by atoms with Crippen LogP contribution in [-0.2, 0) is 6.54 Å². The Hall–Kier alpha value is -1.13. The maximum atomic E-state index is 4.57. The third-order valence-corrected chi connectivity index (χ3v) is 3.40. The van der Waals surface area contributed by atoms with Crippen LogP contribution in [0.2, 0.25) is 0 Å². The predicted molar refractivity (Wildman–Crippen MR) is 71.2 cm³/mol. The van der Waals surface area contributed by atoms with Gasteiger partial charge in [-0.1, -0.05) is 6.07 Å². The smallest absolute Gasteiger partial charge is 0.126 e. The van der Waals surface area contributed by atoms with Crippen LogP contribution in [0.4, 0.5) is 5.82 Å². The van der Waals surface area contributed by atoms with Gasteiger partial charge in [-0.25, -0.2) is 4.98 Å². The molecule has 1 atom stereocenters. The second-order valence-electron chi connectivity index (χ2n) is 4.85. The highest BCUT2D eigenvalue weighted by Gasteiger charge is 2.21. The molecule has 1 aromatic heterocycles. The number of likely N-dealkylation sites (N-methyl/N-ethyl adjacent to an activating group) is 1. The molecule has 0 spiro atoms. The number of rotatable bonds is 3. The first-order valence-electron chi connectivity index (χ1n) is 6.25. The Balaban J connectivity index is 2.00. The second kappa shape index (κ2) is 5.47. The number of nitrogens with one attached hydrogen (secondary N) is 1. The van der Waals surface area contributed by atoms with Gasteiger partial charge in [0.25, 0.3) is 0 Å². The number of piperazine rings is 1. The Morgan fingerprint density at radius 1 is 1.41 bits per heavy atom. The first-order valence-corrected chi connectivity index (χ1v) is 6.25. The average Bonchev–Trinajstić information content (AvgIpc) is 2.33. The number of pyridine rings is 1. The molecular formula is C13H22N4. The molecule has 1 unspecified atom stereocenters. The molecule has 0 aliphatic carbocycles. The summed E-state index contributed by atoms with van der Waals surface area (Å²) in [5.41, 5.74) is 1.15. The van der Waals surface area contributed by atoms with E-state index in [-0.39, 0.29) is 0 Å². The maximum Gasteiger partial charge on any atom is 0.126 e. The molecule has 1 saturated heterocycles. The Labute approximate surface area is 104 Å². The van der Waals surface area contributed by atoms with E-state index in [9.17, 15) is 0 Å². The third-order valence-electron chi connectivity index (χ3n) is 3.40. The first-order chi connectivity index (χ1) is 8.19. The van der Waals surface area contributed by atoms with Crippen molar-refractivity contribution in [3.63, 3.8) is 0 Å². The minimum atomic E-state index is 0.605. The zero-order valence-corrected chi connectivity index (χ0v) is 11.0. The highest BCUT2D eigenvalue weighted by Crippen LogP contribution is 2.13. The van der Waals surface area contributed by atoms with E-state index in [2.05, 4.69) is 46.2 Å². The van der Waals surface area contributed by atoms with Crippen molar-refractivity contribution in [1.82, 2.24) is 14.8 Å². The Bertz CT molecular complexity index is 366. The van der Waals surface area contributed by atoms with Crippen molar-refractivity contribution < 1.29 is 0 Å². The highest BCUT2D eigenvalue weighted by atomic mass is 15.3. The van der Waals surface area contributed by atoms with Crippen molar-refractivity contribution >= 4 is 5.82 Å². The molecule has 94 valence electrons. The Morgan fingerprint density at radius 3 is 2.94 bits per heavy atom. The molecule has 2 heterocycles. The van der Waals surface area contributed by atoms with E-state index < -0.39 is 0 Å². The number of aromatic nitrogens is 1. The number of hydrogen-bond acceptors (Lipinski definition) is 4. The summed E-state index contributed by atoms with van der Waals surface area (Å²) >= 11 is 0. The molecular weight excluding hydrogens is 212 g/mol. The van der Waals surface area contributed by atoms with Crippen molar-refractivity contribution in [3.8, 4) is 0 Å². The minimum absolute atomic E-state index is 0.605. The van der Waals surface area contributed by atoms with E-state index in [4.69, 9.17) is 0 Å². The van der Waals surface area contributed by atoms with Gasteiger partial charge in [-0.05, 0) is 26.1 Å². The lowest BCUT2D eigenvalue weighted by Crippen LogP contribution is -2.49. The van der Waals surface area contributed by atoms with Gasteiger partial charge in [0.05, 0.1) is 5.69 Å². The van der Waals surface area contributed by atoms with Crippen LogP contribution in [0.5, 0.6) is 0 Å². The summed E-state index contributed by atoms with van der Waals surface area (Å²) in [4.78, 5) is 9.46. The van der Waals surface area contributed by atoms with Gasteiger partial charge >= 0.3 is 0 Å². The highest BCUT2D eigenvalue weighted by molar-refractivity contribution is 5.34. The zero-order valence-electron chi connectivity index (χ0n) is 11.0. The molecule has 1 aliphatic rings. The molecule has 1 N–H and O–H groups in total. The average molecular weight is 234 g/mol. The van der Waals surface area contributed by atoms with Crippen LogP contribution in [0, 0.1) is 0 Å². The van der Waals surface area contributed by atoms with Gasteiger partial charge in [0.15, 0.2) is 0 Å². The van der Waals surface area contributed by atoms with Crippen LogP contribution in [0.1, 0.15) is 12.6 Å². The van der Waals surface area contributed by atoms with Crippen molar-refractivity contribution in [2.75, 3.05) is 39.0 Å². The Morgan fingerprint density at radius 2 is 2.24 bits per heavy atom. The van der Waals surface area contributed by atoms with Gasteiger partial charge < -0.3 is 10.2 Å². The van der Waals surface area contributed by atoms with Crippen LogP contribution in [0.25, 0.3) is 0 Å². The third kappa shape index (κ3) is 3.17. The number of nitrogens with zero attached hydrogens (tertiary/aromatic N) is 3. The van der Waals surface area contributed by atoms with Gasteiger partial charge in [-0.3, -0.25) is 4.90 Å². The molecule has 0 saturated carbocycles. The topological polar surface area (TPSA) is 31.4 Å². The predicted octanol–water partition coefficient (Wildman–Crippen LogP) is 1.26. The van der Waals surface area contributed by atoms with E-state index in [0.717, 1.165) is 37.7 Å². The lowest BCUT2D eigenvalue weighted by atomic mass is 10.2. The van der Waals surface area contributed by atoms with Gasteiger partial charge in [-0.15, -0.1) is 0 Å². The summed E-state index contributed by atoms with van der Waals surface area (Å²) in [6.45, 7) is 6.66. The summed E-state index contributed by atoms with van der Waals surface area (Å²) in [6, 6.07) is 6.77. The molecule has 4 nitrogen and oxygen atoms in total. The molecule has 4 heteroatoms.